The number of ether oxygens (including phenoxy) is 2. The van der Waals surface area contributed by atoms with E-state index < -0.39 is 70.6 Å². The van der Waals surface area contributed by atoms with Crippen LogP contribution in [0.1, 0.15) is 149 Å². The molecule has 0 saturated carbocycles. The lowest BCUT2D eigenvalue weighted by Gasteiger charge is -2.20. The van der Waals surface area contributed by atoms with Gasteiger partial charge in [-0.1, -0.05) is 121 Å². The van der Waals surface area contributed by atoms with E-state index in [-0.39, 0.29) is 32.1 Å². The van der Waals surface area contributed by atoms with Crippen LogP contribution in [0.3, 0.4) is 0 Å². The molecular formula is C40H73O12P. The van der Waals surface area contributed by atoms with Crippen LogP contribution in [0.25, 0.3) is 0 Å². The van der Waals surface area contributed by atoms with Crippen LogP contribution in [-0.4, -0.2) is 88.1 Å². The maximum atomic E-state index is 12.5. The van der Waals surface area contributed by atoms with E-state index in [4.69, 9.17) is 19.1 Å². The molecule has 5 atom stereocenters. The van der Waals surface area contributed by atoms with Gasteiger partial charge in [-0.15, -0.1) is 0 Å². The van der Waals surface area contributed by atoms with E-state index in [0.29, 0.717) is 6.42 Å². The molecule has 0 aliphatic heterocycles. The number of phosphoric ester groups is 1. The van der Waals surface area contributed by atoms with Crippen molar-refractivity contribution in [2.45, 2.75) is 174 Å². The van der Waals surface area contributed by atoms with Gasteiger partial charge in [-0.3, -0.25) is 18.6 Å². The molecule has 0 heterocycles. The van der Waals surface area contributed by atoms with Crippen molar-refractivity contribution in [3.63, 3.8) is 0 Å². The van der Waals surface area contributed by atoms with Crippen LogP contribution in [0, 0.1) is 5.92 Å². The molecule has 3 unspecified atom stereocenters. The highest BCUT2D eigenvalue weighted by atomic mass is 31.2. The predicted molar refractivity (Wildman–Crippen MR) is 208 cm³/mol. The molecule has 0 aliphatic carbocycles. The van der Waals surface area contributed by atoms with Gasteiger partial charge in [0.25, 0.3) is 0 Å². The molecule has 0 amide bonds. The maximum Gasteiger partial charge on any atom is 0.472 e. The number of hydrogen-bond donors (Lipinski definition) is 5. The number of aliphatic hydroxyl groups excluding tert-OH is 4. The third-order valence-electron chi connectivity index (χ3n) is 8.43. The van der Waals surface area contributed by atoms with Gasteiger partial charge >= 0.3 is 19.8 Å². The van der Waals surface area contributed by atoms with Crippen LogP contribution in [0.5, 0.6) is 0 Å². The van der Waals surface area contributed by atoms with Crippen molar-refractivity contribution < 1.29 is 58.0 Å². The molecule has 5 N–H and O–H groups in total. The Balaban J connectivity index is 4.59. The zero-order valence-electron chi connectivity index (χ0n) is 32.9. The number of allylic oxidation sites excluding steroid dienone is 5. The summed E-state index contributed by atoms with van der Waals surface area (Å²) in [6.45, 7) is 4.25. The van der Waals surface area contributed by atoms with Crippen molar-refractivity contribution in [2.24, 2.45) is 5.92 Å². The van der Waals surface area contributed by atoms with Gasteiger partial charge in [0.2, 0.25) is 0 Å². The largest absolute Gasteiger partial charge is 0.472 e. The highest BCUT2D eigenvalue weighted by molar-refractivity contribution is 7.47. The number of rotatable bonds is 36. The lowest BCUT2D eigenvalue weighted by Crippen LogP contribution is -2.30. The molecule has 0 bridgehead atoms. The fourth-order valence-corrected chi connectivity index (χ4v) is 5.95. The van der Waals surface area contributed by atoms with Gasteiger partial charge in [0.1, 0.15) is 12.7 Å². The van der Waals surface area contributed by atoms with Gasteiger partial charge in [0, 0.05) is 12.8 Å². The molecule has 0 radical (unpaired) electrons. The first-order valence-corrected chi connectivity index (χ1v) is 21.5. The lowest BCUT2D eigenvalue weighted by molar-refractivity contribution is -0.161. The molecule has 0 rings (SSSR count). The van der Waals surface area contributed by atoms with E-state index in [1.165, 1.54) is 51.4 Å². The number of phosphoric acid groups is 1. The minimum atomic E-state index is -4.68. The van der Waals surface area contributed by atoms with Gasteiger partial charge in [0.05, 0.1) is 32.0 Å². The van der Waals surface area contributed by atoms with Crippen molar-refractivity contribution in [3.05, 3.63) is 36.5 Å². The maximum absolute atomic E-state index is 12.5. The van der Waals surface area contributed by atoms with Crippen LogP contribution in [0.4, 0.5) is 0 Å². The highest BCUT2D eigenvalue weighted by Crippen LogP contribution is 2.43. The lowest BCUT2D eigenvalue weighted by atomic mass is 10.0. The molecule has 12 nitrogen and oxygen atoms in total. The van der Waals surface area contributed by atoms with E-state index >= 15 is 0 Å². The molecule has 13 heteroatoms. The number of unbranched alkanes of at least 4 members (excludes halogenated alkanes) is 10. The van der Waals surface area contributed by atoms with Gasteiger partial charge < -0.3 is 34.8 Å². The second kappa shape index (κ2) is 34.6. The summed E-state index contributed by atoms with van der Waals surface area (Å²) in [6.07, 6.45) is 24.5. The fourth-order valence-electron chi connectivity index (χ4n) is 5.16. The Hall–Kier alpha value is -1.89. The summed E-state index contributed by atoms with van der Waals surface area (Å²) < 4.78 is 32.4. The summed E-state index contributed by atoms with van der Waals surface area (Å²) in [6, 6.07) is 0. The Bertz CT molecular complexity index is 1030. The molecular weight excluding hydrogens is 703 g/mol. The molecule has 0 fully saturated rings. The van der Waals surface area contributed by atoms with Gasteiger partial charge in [-0.25, -0.2) is 4.57 Å². The smallest absolute Gasteiger partial charge is 0.462 e. The minimum absolute atomic E-state index is 0.0721. The summed E-state index contributed by atoms with van der Waals surface area (Å²) in [5.41, 5.74) is 0. The zero-order chi connectivity index (χ0) is 39.6. The number of carbonyl (C=O) groups excluding carboxylic acids is 2. The Morgan fingerprint density at radius 1 is 0.660 bits per heavy atom. The van der Waals surface area contributed by atoms with Crippen LogP contribution < -0.4 is 0 Å². The van der Waals surface area contributed by atoms with Crippen LogP contribution in [0.15, 0.2) is 36.5 Å². The van der Waals surface area contributed by atoms with Gasteiger partial charge in [-0.2, -0.15) is 0 Å². The van der Waals surface area contributed by atoms with Gasteiger partial charge in [-0.05, 0) is 57.3 Å². The number of esters is 2. The van der Waals surface area contributed by atoms with E-state index in [1.54, 1.807) is 0 Å². The van der Waals surface area contributed by atoms with E-state index in [2.05, 4.69) is 49.6 Å². The topological polar surface area (TPSA) is 189 Å². The molecule has 0 aromatic rings. The van der Waals surface area contributed by atoms with Crippen molar-refractivity contribution >= 4 is 19.8 Å². The molecule has 0 spiro atoms. The van der Waals surface area contributed by atoms with E-state index in [0.717, 1.165) is 44.4 Å². The van der Waals surface area contributed by atoms with E-state index in [1.807, 2.05) is 12.2 Å². The first-order chi connectivity index (χ1) is 25.4. The quantitative estimate of drug-likeness (QED) is 0.0180. The summed E-state index contributed by atoms with van der Waals surface area (Å²) >= 11 is 0. The SMILES string of the molecule is CCCCC/C=C\C/C=C\C/C=C\CC(O)C(O)CCCC(=O)OC[C@H](COP(=O)(O)OC[C@@H](O)CO)OC(=O)CCCCCCCCCCC(C)C. The van der Waals surface area contributed by atoms with Crippen molar-refractivity contribution in [2.75, 3.05) is 26.4 Å². The van der Waals surface area contributed by atoms with Crippen molar-refractivity contribution in [3.8, 4) is 0 Å². The molecule has 0 aromatic heterocycles. The number of hydrogen-bond acceptors (Lipinski definition) is 11. The predicted octanol–water partition coefficient (Wildman–Crippen LogP) is 7.80. The first kappa shape index (κ1) is 51.1. The van der Waals surface area contributed by atoms with Crippen LogP contribution in [0.2, 0.25) is 0 Å². The highest BCUT2D eigenvalue weighted by Gasteiger charge is 2.27. The van der Waals surface area contributed by atoms with Crippen molar-refractivity contribution in [1.82, 2.24) is 0 Å². The monoisotopic (exact) mass is 776 g/mol. The summed E-state index contributed by atoms with van der Waals surface area (Å²) in [4.78, 5) is 34.9. The zero-order valence-corrected chi connectivity index (χ0v) is 33.8. The number of aliphatic hydroxyl groups is 4. The normalized spacial score (nSPS) is 15.6. The van der Waals surface area contributed by atoms with E-state index in [9.17, 15) is 34.4 Å². The summed E-state index contributed by atoms with van der Waals surface area (Å²) in [5.74, 6) is -0.477. The van der Waals surface area contributed by atoms with Crippen LogP contribution in [-0.2, 0) is 32.7 Å². The minimum Gasteiger partial charge on any atom is -0.462 e. The Kier molecular flexibility index (Phi) is 33.4. The Morgan fingerprint density at radius 2 is 1.25 bits per heavy atom. The standard InChI is InChI=1S/C40H73O12P/c1-4-5-6-7-8-9-10-11-12-16-19-22-26-37(43)38(44)27-24-29-39(45)49-32-36(33-51-53(47,48)50-31-35(42)30-41)52-40(46)28-23-20-17-14-13-15-18-21-25-34(2)3/h8-9,11-12,19,22,34-38,41-44H,4-7,10,13-18,20-21,23-33H2,1-3H3,(H,47,48)/b9-8-,12-11-,22-19-/t35-,36+,37?,38?/m0/s1. The molecule has 310 valence electrons. The summed E-state index contributed by atoms with van der Waals surface area (Å²) in [7, 11) is -4.68. The molecule has 0 aromatic carbocycles. The third-order valence-corrected chi connectivity index (χ3v) is 9.38. The molecule has 53 heavy (non-hydrogen) atoms. The molecule has 0 aliphatic rings. The number of carbonyl (C=O) groups is 2. The first-order valence-electron chi connectivity index (χ1n) is 20.0. The van der Waals surface area contributed by atoms with Crippen LogP contribution >= 0.6 is 7.82 Å². The Morgan fingerprint density at radius 3 is 1.89 bits per heavy atom. The fraction of sp³-hybridized carbons (Fsp3) is 0.800. The molecule has 0 saturated heterocycles. The Labute approximate surface area is 319 Å². The summed E-state index contributed by atoms with van der Waals surface area (Å²) in [5, 5.41) is 38.9. The van der Waals surface area contributed by atoms with Crippen molar-refractivity contribution in [1.29, 1.82) is 0 Å². The third kappa shape index (κ3) is 34.3. The average molecular weight is 777 g/mol. The second-order valence-corrected chi connectivity index (χ2v) is 15.5. The van der Waals surface area contributed by atoms with Gasteiger partial charge in [0.15, 0.2) is 6.10 Å². The average Bonchev–Trinajstić information content (AvgIpc) is 3.12. The second-order valence-electron chi connectivity index (χ2n) is 14.1.